The highest BCUT2D eigenvalue weighted by molar-refractivity contribution is 5.59. The van der Waals surface area contributed by atoms with E-state index in [4.69, 9.17) is 10.5 Å². The molecule has 0 saturated heterocycles. The normalized spacial score (nSPS) is 10.3. The van der Waals surface area contributed by atoms with Crippen molar-refractivity contribution < 1.29 is 4.74 Å². The van der Waals surface area contributed by atoms with Crippen LogP contribution in [-0.2, 0) is 13.5 Å². The minimum Gasteiger partial charge on any atom is -0.497 e. The Balaban J connectivity index is 1.91. The van der Waals surface area contributed by atoms with Crippen molar-refractivity contribution in [2.75, 3.05) is 24.7 Å². The first-order valence-electron chi connectivity index (χ1n) is 5.84. The lowest BCUT2D eigenvalue weighted by atomic mass is 10.2. The second-order valence-electron chi connectivity index (χ2n) is 4.15. The third-order valence-electron chi connectivity index (χ3n) is 2.64. The maximum atomic E-state index is 5.79. The zero-order valence-electron chi connectivity index (χ0n) is 10.7. The molecule has 3 N–H and O–H groups in total. The number of aromatic nitrogens is 2. The Hall–Kier alpha value is -2.17. The van der Waals surface area contributed by atoms with Gasteiger partial charge in [-0.25, -0.2) is 0 Å². The number of ether oxygens (including phenoxy) is 1. The fraction of sp³-hybridized carbons (Fsp3) is 0.308. The van der Waals surface area contributed by atoms with Gasteiger partial charge in [0.1, 0.15) is 5.75 Å². The molecule has 2 rings (SSSR count). The lowest BCUT2D eigenvalue weighted by molar-refractivity contribution is 0.415. The number of hydrogen-bond acceptors (Lipinski definition) is 4. The number of rotatable bonds is 5. The van der Waals surface area contributed by atoms with E-state index in [-0.39, 0.29) is 0 Å². The Kier molecular flexibility index (Phi) is 3.72. The van der Waals surface area contributed by atoms with Gasteiger partial charge in [0, 0.05) is 49.7 Å². The van der Waals surface area contributed by atoms with Crippen molar-refractivity contribution in [3.05, 3.63) is 36.2 Å². The van der Waals surface area contributed by atoms with E-state index in [0.717, 1.165) is 30.1 Å². The Morgan fingerprint density at radius 3 is 2.89 bits per heavy atom. The van der Waals surface area contributed by atoms with Crippen LogP contribution in [0.4, 0.5) is 11.4 Å². The number of nitrogens with two attached hydrogens (primary N) is 1. The van der Waals surface area contributed by atoms with Crippen molar-refractivity contribution in [2.24, 2.45) is 7.05 Å². The van der Waals surface area contributed by atoms with Gasteiger partial charge in [-0.05, 0) is 12.1 Å². The Labute approximate surface area is 107 Å². The number of aryl methyl sites for hydroxylation is 1. The predicted molar refractivity (Wildman–Crippen MR) is 72.8 cm³/mol. The maximum absolute atomic E-state index is 5.79. The highest BCUT2D eigenvalue weighted by Gasteiger charge is 2.00. The van der Waals surface area contributed by atoms with Gasteiger partial charge in [0.15, 0.2) is 0 Å². The van der Waals surface area contributed by atoms with Gasteiger partial charge in [0.05, 0.1) is 12.8 Å². The lowest BCUT2D eigenvalue weighted by Crippen LogP contribution is -2.06. The fourth-order valence-electron chi connectivity index (χ4n) is 1.77. The summed E-state index contributed by atoms with van der Waals surface area (Å²) >= 11 is 0. The molecule has 18 heavy (non-hydrogen) atoms. The van der Waals surface area contributed by atoms with Crippen molar-refractivity contribution in [1.29, 1.82) is 0 Å². The van der Waals surface area contributed by atoms with E-state index in [1.165, 1.54) is 0 Å². The number of nitrogen functional groups attached to an aromatic ring is 1. The van der Waals surface area contributed by atoms with Gasteiger partial charge < -0.3 is 15.8 Å². The Morgan fingerprint density at radius 2 is 2.22 bits per heavy atom. The summed E-state index contributed by atoms with van der Waals surface area (Å²) in [4.78, 5) is 0. The van der Waals surface area contributed by atoms with Crippen LogP contribution in [0, 0.1) is 0 Å². The van der Waals surface area contributed by atoms with Gasteiger partial charge >= 0.3 is 0 Å². The zero-order valence-corrected chi connectivity index (χ0v) is 10.7. The van der Waals surface area contributed by atoms with Crippen molar-refractivity contribution >= 4 is 11.4 Å². The van der Waals surface area contributed by atoms with Gasteiger partial charge in [-0.2, -0.15) is 5.10 Å². The van der Waals surface area contributed by atoms with Crippen molar-refractivity contribution in [3.63, 3.8) is 0 Å². The second-order valence-corrected chi connectivity index (χ2v) is 4.15. The molecule has 0 atom stereocenters. The fourth-order valence-corrected chi connectivity index (χ4v) is 1.77. The average Bonchev–Trinajstić information content (AvgIpc) is 2.74. The molecule has 0 radical (unpaired) electrons. The number of hydrogen-bond donors (Lipinski definition) is 2. The first-order valence-corrected chi connectivity index (χ1v) is 5.84. The van der Waals surface area contributed by atoms with E-state index in [9.17, 15) is 0 Å². The van der Waals surface area contributed by atoms with Crippen LogP contribution in [0.3, 0.4) is 0 Å². The largest absolute Gasteiger partial charge is 0.497 e. The smallest absolute Gasteiger partial charge is 0.122 e. The summed E-state index contributed by atoms with van der Waals surface area (Å²) in [5, 5.41) is 7.63. The molecule has 0 amide bonds. The van der Waals surface area contributed by atoms with E-state index < -0.39 is 0 Å². The molecule has 0 aliphatic heterocycles. The lowest BCUT2D eigenvalue weighted by Gasteiger charge is -2.08. The molecule has 1 aromatic carbocycles. The molecule has 5 nitrogen and oxygen atoms in total. The van der Waals surface area contributed by atoms with Crippen LogP contribution in [-0.4, -0.2) is 23.4 Å². The number of nitrogens with zero attached hydrogens (tertiary/aromatic N) is 2. The van der Waals surface area contributed by atoms with Gasteiger partial charge in [0.2, 0.25) is 0 Å². The highest BCUT2D eigenvalue weighted by Crippen LogP contribution is 2.21. The SMILES string of the molecule is COc1cc(N)cc(NCCc2ccn(C)n2)c1. The number of nitrogens with one attached hydrogen (secondary N) is 1. The van der Waals surface area contributed by atoms with E-state index in [2.05, 4.69) is 10.4 Å². The molecule has 0 saturated carbocycles. The Bertz CT molecular complexity index is 521. The molecule has 5 heteroatoms. The van der Waals surface area contributed by atoms with Gasteiger partial charge in [-0.15, -0.1) is 0 Å². The topological polar surface area (TPSA) is 65.1 Å². The van der Waals surface area contributed by atoms with Gasteiger partial charge in [0.25, 0.3) is 0 Å². The monoisotopic (exact) mass is 246 g/mol. The summed E-state index contributed by atoms with van der Waals surface area (Å²) in [7, 11) is 3.55. The van der Waals surface area contributed by atoms with Crippen LogP contribution in [0.15, 0.2) is 30.5 Å². The molecule has 0 spiro atoms. The van der Waals surface area contributed by atoms with Crippen molar-refractivity contribution in [3.8, 4) is 5.75 Å². The molecule has 1 aromatic heterocycles. The molecule has 0 aliphatic carbocycles. The zero-order chi connectivity index (χ0) is 13.0. The van der Waals surface area contributed by atoms with Crippen LogP contribution in [0.25, 0.3) is 0 Å². The Morgan fingerprint density at radius 1 is 1.39 bits per heavy atom. The maximum Gasteiger partial charge on any atom is 0.122 e. The standard InChI is InChI=1S/C13H18N4O/c1-17-6-4-11(16-17)3-5-15-12-7-10(14)8-13(9-12)18-2/h4,6-9,15H,3,5,14H2,1-2H3. The molecular weight excluding hydrogens is 228 g/mol. The van der Waals surface area contributed by atoms with E-state index >= 15 is 0 Å². The third-order valence-corrected chi connectivity index (χ3v) is 2.64. The van der Waals surface area contributed by atoms with E-state index in [1.54, 1.807) is 17.9 Å². The molecule has 2 aromatic rings. The first-order chi connectivity index (χ1) is 8.67. The summed E-state index contributed by atoms with van der Waals surface area (Å²) in [6, 6.07) is 7.63. The minimum absolute atomic E-state index is 0.690. The summed E-state index contributed by atoms with van der Waals surface area (Å²) in [6.45, 7) is 0.809. The first kappa shape index (κ1) is 12.3. The van der Waals surface area contributed by atoms with Crippen molar-refractivity contribution in [1.82, 2.24) is 9.78 Å². The minimum atomic E-state index is 0.690. The number of methoxy groups -OCH3 is 1. The number of benzene rings is 1. The third kappa shape index (κ3) is 3.16. The quantitative estimate of drug-likeness (QED) is 0.788. The molecule has 0 fully saturated rings. The summed E-state index contributed by atoms with van der Waals surface area (Å²) in [6.07, 6.45) is 2.82. The summed E-state index contributed by atoms with van der Waals surface area (Å²) in [5.41, 5.74) is 8.51. The number of anilines is 2. The van der Waals surface area contributed by atoms with Gasteiger partial charge in [-0.1, -0.05) is 0 Å². The second kappa shape index (κ2) is 5.44. The van der Waals surface area contributed by atoms with Crippen LogP contribution >= 0.6 is 0 Å². The van der Waals surface area contributed by atoms with Crippen molar-refractivity contribution in [2.45, 2.75) is 6.42 Å². The molecule has 0 bridgehead atoms. The predicted octanol–water partition coefficient (Wildman–Crippen LogP) is 1.67. The van der Waals surface area contributed by atoms with Crippen LogP contribution in [0.5, 0.6) is 5.75 Å². The van der Waals surface area contributed by atoms with Crippen LogP contribution in [0.2, 0.25) is 0 Å². The van der Waals surface area contributed by atoms with E-state index in [1.807, 2.05) is 31.4 Å². The average molecular weight is 246 g/mol. The van der Waals surface area contributed by atoms with Crippen LogP contribution < -0.4 is 15.8 Å². The molecule has 0 unspecified atom stereocenters. The van der Waals surface area contributed by atoms with Gasteiger partial charge in [-0.3, -0.25) is 4.68 Å². The molecular formula is C13H18N4O. The summed E-state index contributed by atoms with van der Waals surface area (Å²) < 4.78 is 6.97. The molecule has 1 heterocycles. The molecule has 96 valence electrons. The van der Waals surface area contributed by atoms with E-state index in [0.29, 0.717) is 5.69 Å². The summed E-state index contributed by atoms with van der Waals surface area (Å²) in [5.74, 6) is 0.760. The van der Waals surface area contributed by atoms with Crippen LogP contribution in [0.1, 0.15) is 5.69 Å². The molecule has 0 aliphatic rings. The highest BCUT2D eigenvalue weighted by atomic mass is 16.5.